The van der Waals surface area contributed by atoms with Gasteiger partial charge in [-0.3, -0.25) is 4.79 Å². The Morgan fingerprint density at radius 3 is 2.19 bits per heavy atom. The molecular formula is C14H27NO. The van der Waals surface area contributed by atoms with E-state index >= 15 is 0 Å². The smallest absolute Gasteiger partial charge is 0.225 e. The monoisotopic (exact) mass is 225 g/mol. The molecule has 94 valence electrons. The van der Waals surface area contributed by atoms with Crippen LogP contribution in [0.25, 0.3) is 0 Å². The Kier molecular flexibility index (Phi) is 5.30. The third-order valence-electron chi connectivity index (χ3n) is 3.49. The van der Waals surface area contributed by atoms with Crippen LogP contribution in [0.5, 0.6) is 0 Å². The van der Waals surface area contributed by atoms with E-state index in [0.717, 1.165) is 13.0 Å². The van der Waals surface area contributed by atoms with Gasteiger partial charge in [0.05, 0.1) is 0 Å². The van der Waals surface area contributed by atoms with Crippen LogP contribution in [0.1, 0.15) is 59.8 Å². The highest BCUT2D eigenvalue weighted by Gasteiger charge is 2.27. The molecule has 1 amide bonds. The second kappa shape index (κ2) is 6.27. The molecule has 0 aromatic rings. The van der Waals surface area contributed by atoms with Gasteiger partial charge in [-0.05, 0) is 25.2 Å². The van der Waals surface area contributed by atoms with Crippen LogP contribution in [0.2, 0.25) is 0 Å². The number of amides is 1. The van der Waals surface area contributed by atoms with Crippen molar-refractivity contribution in [3.63, 3.8) is 0 Å². The largest absolute Gasteiger partial charge is 0.339 e. The van der Waals surface area contributed by atoms with Gasteiger partial charge in [0.25, 0.3) is 0 Å². The van der Waals surface area contributed by atoms with E-state index in [-0.39, 0.29) is 5.92 Å². The third kappa shape index (κ3) is 3.80. The maximum absolute atomic E-state index is 12.2. The lowest BCUT2D eigenvalue weighted by atomic mass is 10.1. The van der Waals surface area contributed by atoms with Crippen molar-refractivity contribution < 1.29 is 4.79 Å². The lowest BCUT2D eigenvalue weighted by Crippen LogP contribution is -2.42. The van der Waals surface area contributed by atoms with E-state index in [2.05, 4.69) is 18.7 Å². The number of carbonyl (C=O) groups excluding carboxylic acids is 1. The molecular weight excluding hydrogens is 198 g/mol. The van der Waals surface area contributed by atoms with Gasteiger partial charge in [-0.15, -0.1) is 0 Å². The topological polar surface area (TPSA) is 20.3 Å². The zero-order chi connectivity index (χ0) is 12.1. The Labute approximate surface area is 100 Å². The second-order valence-corrected chi connectivity index (χ2v) is 5.81. The third-order valence-corrected chi connectivity index (χ3v) is 3.49. The van der Waals surface area contributed by atoms with Gasteiger partial charge in [-0.2, -0.15) is 0 Å². The zero-order valence-electron chi connectivity index (χ0n) is 11.3. The van der Waals surface area contributed by atoms with Gasteiger partial charge >= 0.3 is 0 Å². The van der Waals surface area contributed by atoms with Crippen molar-refractivity contribution in [2.45, 2.75) is 65.8 Å². The molecule has 0 bridgehead atoms. The summed E-state index contributed by atoms with van der Waals surface area (Å²) in [5, 5.41) is 0. The van der Waals surface area contributed by atoms with Crippen molar-refractivity contribution in [3.8, 4) is 0 Å². The molecule has 0 aromatic heterocycles. The van der Waals surface area contributed by atoms with Crippen LogP contribution in [-0.2, 0) is 4.79 Å². The highest BCUT2D eigenvalue weighted by molar-refractivity contribution is 5.78. The Balaban J connectivity index is 2.56. The Bertz CT molecular complexity index is 217. The fraction of sp³-hybridized carbons (Fsp3) is 0.929. The van der Waals surface area contributed by atoms with E-state index in [1.54, 1.807) is 0 Å². The van der Waals surface area contributed by atoms with Crippen molar-refractivity contribution >= 4 is 5.91 Å². The standard InChI is InChI=1S/C14H27NO/c1-11(2)9-10-15(14(16)12(3)4)13-7-5-6-8-13/h11-13H,5-10H2,1-4H3. The van der Waals surface area contributed by atoms with Crippen molar-refractivity contribution in [3.05, 3.63) is 0 Å². The molecule has 0 spiro atoms. The summed E-state index contributed by atoms with van der Waals surface area (Å²) in [7, 11) is 0. The predicted octanol–water partition coefficient (Wildman–Crippen LogP) is 3.46. The lowest BCUT2D eigenvalue weighted by Gasteiger charge is -2.31. The molecule has 2 heteroatoms. The van der Waals surface area contributed by atoms with E-state index in [1.165, 1.54) is 25.7 Å². The van der Waals surface area contributed by atoms with Crippen LogP contribution in [0, 0.1) is 11.8 Å². The minimum atomic E-state index is 0.146. The molecule has 0 radical (unpaired) electrons. The fourth-order valence-electron chi connectivity index (χ4n) is 2.42. The van der Waals surface area contributed by atoms with Crippen LogP contribution in [0.4, 0.5) is 0 Å². The van der Waals surface area contributed by atoms with E-state index in [0.29, 0.717) is 17.9 Å². The summed E-state index contributed by atoms with van der Waals surface area (Å²) in [4.78, 5) is 14.3. The van der Waals surface area contributed by atoms with Gasteiger partial charge in [-0.25, -0.2) is 0 Å². The molecule has 0 saturated heterocycles. The average molecular weight is 225 g/mol. The zero-order valence-corrected chi connectivity index (χ0v) is 11.3. The van der Waals surface area contributed by atoms with Gasteiger partial charge in [0, 0.05) is 18.5 Å². The number of hydrogen-bond donors (Lipinski definition) is 0. The first-order chi connectivity index (χ1) is 7.52. The highest BCUT2D eigenvalue weighted by Crippen LogP contribution is 2.25. The fourth-order valence-corrected chi connectivity index (χ4v) is 2.42. The van der Waals surface area contributed by atoms with Gasteiger partial charge in [-0.1, -0.05) is 40.5 Å². The molecule has 1 rings (SSSR count). The van der Waals surface area contributed by atoms with E-state index < -0.39 is 0 Å². The SMILES string of the molecule is CC(C)CCN(C(=O)C(C)C)C1CCCC1. The molecule has 1 fully saturated rings. The van der Waals surface area contributed by atoms with Crippen LogP contribution >= 0.6 is 0 Å². The van der Waals surface area contributed by atoms with E-state index in [9.17, 15) is 4.79 Å². The quantitative estimate of drug-likeness (QED) is 0.701. The van der Waals surface area contributed by atoms with Crippen LogP contribution < -0.4 is 0 Å². The molecule has 0 atom stereocenters. The molecule has 0 heterocycles. The van der Waals surface area contributed by atoms with Crippen LogP contribution in [0.3, 0.4) is 0 Å². The Hall–Kier alpha value is -0.530. The first-order valence-electron chi connectivity index (χ1n) is 6.82. The van der Waals surface area contributed by atoms with Crippen molar-refractivity contribution in [1.82, 2.24) is 4.90 Å². The molecule has 1 aliphatic carbocycles. The molecule has 1 saturated carbocycles. The molecule has 0 unspecified atom stereocenters. The number of nitrogens with zero attached hydrogens (tertiary/aromatic N) is 1. The second-order valence-electron chi connectivity index (χ2n) is 5.81. The van der Waals surface area contributed by atoms with Crippen molar-refractivity contribution in [1.29, 1.82) is 0 Å². The van der Waals surface area contributed by atoms with Crippen molar-refractivity contribution in [2.75, 3.05) is 6.54 Å². The summed E-state index contributed by atoms with van der Waals surface area (Å²) in [6.07, 6.45) is 6.17. The van der Waals surface area contributed by atoms with Crippen LogP contribution in [-0.4, -0.2) is 23.4 Å². The van der Waals surface area contributed by atoms with Crippen molar-refractivity contribution in [2.24, 2.45) is 11.8 Å². The van der Waals surface area contributed by atoms with Gasteiger partial charge < -0.3 is 4.90 Å². The van der Waals surface area contributed by atoms with E-state index in [1.807, 2.05) is 13.8 Å². The van der Waals surface area contributed by atoms with Gasteiger partial charge in [0.2, 0.25) is 5.91 Å². The predicted molar refractivity (Wildman–Crippen MR) is 68.3 cm³/mol. The summed E-state index contributed by atoms with van der Waals surface area (Å²) >= 11 is 0. The summed E-state index contributed by atoms with van der Waals surface area (Å²) in [6.45, 7) is 9.44. The Morgan fingerprint density at radius 2 is 1.75 bits per heavy atom. The maximum atomic E-state index is 12.2. The normalized spacial score (nSPS) is 17.4. The molecule has 0 aromatic carbocycles. The molecule has 16 heavy (non-hydrogen) atoms. The molecule has 2 nitrogen and oxygen atoms in total. The first-order valence-corrected chi connectivity index (χ1v) is 6.82. The number of rotatable bonds is 5. The van der Waals surface area contributed by atoms with E-state index in [4.69, 9.17) is 0 Å². The molecule has 0 aliphatic heterocycles. The highest BCUT2D eigenvalue weighted by atomic mass is 16.2. The maximum Gasteiger partial charge on any atom is 0.225 e. The molecule has 1 aliphatic rings. The van der Waals surface area contributed by atoms with Crippen LogP contribution in [0.15, 0.2) is 0 Å². The summed E-state index contributed by atoms with van der Waals surface area (Å²) in [6, 6.07) is 0.536. The summed E-state index contributed by atoms with van der Waals surface area (Å²) < 4.78 is 0. The minimum Gasteiger partial charge on any atom is -0.339 e. The van der Waals surface area contributed by atoms with Gasteiger partial charge in [0.1, 0.15) is 0 Å². The minimum absolute atomic E-state index is 0.146. The van der Waals surface area contributed by atoms with Gasteiger partial charge in [0.15, 0.2) is 0 Å². The lowest BCUT2D eigenvalue weighted by molar-refractivity contribution is -0.136. The Morgan fingerprint density at radius 1 is 1.19 bits per heavy atom. The summed E-state index contributed by atoms with van der Waals surface area (Å²) in [5.41, 5.74) is 0. The first kappa shape index (κ1) is 13.5. The number of carbonyl (C=O) groups is 1. The molecule has 0 N–H and O–H groups in total. The average Bonchev–Trinajstić information content (AvgIpc) is 2.70. The number of hydrogen-bond acceptors (Lipinski definition) is 1. The summed E-state index contributed by atoms with van der Waals surface area (Å²) in [5.74, 6) is 1.18.